The summed E-state index contributed by atoms with van der Waals surface area (Å²) in [5.74, 6) is -1.68. The number of carbonyl (C=O) groups excluding carboxylic acids is 2. The molecule has 0 aromatic heterocycles. The van der Waals surface area contributed by atoms with Gasteiger partial charge in [0.25, 0.3) is 0 Å². The maximum Gasteiger partial charge on any atom is 0.337 e. The fraction of sp³-hybridized carbons (Fsp3) is 0.500. The van der Waals surface area contributed by atoms with E-state index in [1.807, 2.05) is 30.3 Å². The van der Waals surface area contributed by atoms with E-state index in [0.717, 1.165) is 5.56 Å². The molecule has 1 aliphatic rings. The van der Waals surface area contributed by atoms with Gasteiger partial charge in [-0.3, -0.25) is 9.59 Å². The minimum Gasteiger partial charge on any atom is -0.479 e. The van der Waals surface area contributed by atoms with Gasteiger partial charge in [0.15, 0.2) is 5.60 Å². The van der Waals surface area contributed by atoms with Gasteiger partial charge in [-0.15, -0.1) is 0 Å². The molecule has 2 amide bonds. The third-order valence-electron chi connectivity index (χ3n) is 4.48. The van der Waals surface area contributed by atoms with Crippen molar-refractivity contribution in [1.29, 1.82) is 0 Å². The molecule has 0 saturated carbocycles. The number of carboxylic acid groups (broad SMARTS) is 1. The Morgan fingerprint density at radius 2 is 1.92 bits per heavy atom. The van der Waals surface area contributed by atoms with Crippen LogP contribution >= 0.6 is 0 Å². The van der Waals surface area contributed by atoms with Crippen molar-refractivity contribution in [2.45, 2.75) is 38.3 Å². The van der Waals surface area contributed by atoms with E-state index in [0.29, 0.717) is 19.5 Å². The molecule has 1 fully saturated rings. The Morgan fingerprint density at radius 3 is 2.52 bits per heavy atom. The first-order valence-corrected chi connectivity index (χ1v) is 8.35. The Labute approximate surface area is 146 Å². The lowest BCUT2D eigenvalue weighted by Crippen LogP contribution is -2.55. The molecular formula is C18H24N2O5. The summed E-state index contributed by atoms with van der Waals surface area (Å²) in [5, 5.41) is 19.2. The summed E-state index contributed by atoms with van der Waals surface area (Å²) in [5.41, 5.74) is -0.901. The molecule has 25 heavy (non-hydrogen) atoms. The van der Waals surface area contributed by atoms with Crippen LogP contribution < -0.4 is 0 Å². The van der Waals surface area contributed by atoms with Crippen molar-refractivity contribution in [1.82, 2.24) is 9.80 Å². The summed E-state index contributed by atoms with van der Waals surface area (Å²) in [6, 6.07) is 9.49. The van der Waals surface area contributed by atoms with Crippen molar-refractivity contribution in [2.24, 2.45) is 0 Å². The van der Waals surface area contributed by atoms with Gasteiger partial charge in [0.2, 0.25) is 11.8 Å². The van der Waals surface area contributed by atoms with Crippen LogP contribution in [0.4, 0.5) is 0 Å². The Bertz CT molecular complexity index is 634. The smallest absolute Gasteiger partial charge is 0.337 e. The highest BCUT2D eigenvalue weighted by Crippen LogP contribution is 2.22. The van der Waals surface area contributed by atoms with Crippen LogP contribution in [0, 0.1) is 0 Å². The first-order chi connectivity index (χ1) is 11.8. The largest absolute Gasteiger partial charge is 0.479 e. The topological polar surface area (TPSA) is 98.2 Å². The third-order valence-corrected chi connectivity index (χ3v) is 4.48. The predicted molar refractivity (Wildman–Crippen MR) is 90.5 cm³/mol. The molecule has 2 rings (SSSR count). The SMILES string of the molecule is CC(=O)N(CCC(=O)N1CCCC(O)(C(=O)O)C1)Cc1ccccc1. The van der Waals surface area contributed by atoms with Crippen LogP contribution in [-0.2, 0) is 20.9 Å². The van der Waals surface area contributed by atoms with E-state index in [1.54, 1.807) is 4.90 Å². The van der Waals surface area contributed by atoms with Crippen LogP contribution in [0.3, 0.4) is 0 Å². The molecule has 7 nitrogen and oxygen atoms in total. The highest BCUT2D eigenvalue weighted by atomic mass is 16.4. The standard InChI is InChI=1S/C18H24N2O5/c1-14(21)19(12-15-6-3-2-4-7-15)11-8-16(22)20-10-5-9-18(25,13-20)17(23)24/h2-4,6-7,25H,5,8-13H2,1H3,(H,23,24). The van der Waals surface area contributed by atoms with Crippen LogP contribution in [-0.4, -0.2) is 63.0 Å². The highest BCUT2D eigenvalue weighted by Gasteiger charge is 2.41. The number of carboxylic acids is 1. The van der Waals surface area contributed by atoms with Crippen LogP contribution in [0.5, 0.6) is 0 Å². The van der Waals surface area contributed by atoms with Gasteiger partial charge in [0.1, 0.15) is 0 Å². The van der Waals surface area contributed by atoms with Crippen LogP contribution in [0.15, 0.2) is 30.3 Å². The zero-order chi connectivity index (χ0) is 18.4. The molecule has 1 unspecified atom stereocenters. The second-order valence-electron chi connectivity index (χ2n) is 6.43. The summed E-state index contributed by atoms with van der Waals surface area (Å²) in [6.45, 7) is 2.35. The highest BCUT2D eigenvalue weighted by molar-refractivity contribution is 5.81. The van der Waals surface area contributed by atoms with E-state index in [1.165, 1.54) is 11.8 Å². The van der Waals surface area contributed by atoms with Crippen molar-refractivity contribution in [3.63, 3.8) is 0 Å². The number of benzene rings is 1. The van der Waals surface area contributed by atoms with Gasteiger partial charge in [0, 0.05) is 33.0 Å². The number of carbonyl (C=O) groups is 3. The maximum atomic E-state index is 12.4. The summed E-state index contributed by atoms with van der Waals surface area (Å²) in [7, 11) is 0. The fourth-order valence-corrected chi connectivity index (χ4v) is 2.96. The van der Waals surface area contributed by atoms with Crippen molar-refractivity contribution in [2.75, 3.05) is 19.6 Å². The van der Waals surface area contributed by atoms with Crippen LogP contribution in [0.1, 0.15) is 31.7 Å². The quantitative estimate of drug-likeness (QED) is 0.795. The first kappa shape index (κ1) is 18.9. The first-order valence-electron chi connectivity index (χ1n) is 8.35. The molecular weight excluding hydrogens is 324 g/mol. The van der Waals surface area contributed by atoms with Crippen LogP contribution in [0.25, 0.3) is 0 Å². The summed E-state index contributed by atoms with van der Waals surface area (Å²) in [4.78, 5) is 38.3. The summed E-state index contributed by atoms with van der Waals surface area (Å²) >= 11 is 0. The summed E-state index contributed by atoms with van der Waals surface area (Å²) in [6.07, 6.45) is 0.677. The molecule has 1 aromatic rings. The Morgan fingerprint density at radius 1 is 1.24 bits per heavy atom. The number of piperidine rings is 1. The maximum absolute atomic E-state index is 12.4. The summed E-state index contributed by atoms with van der Waals surface area (Å²) < 4.78 is 0. The fourth-order valence-electron chi connectivity index (χ4n) is 2.96. The zero-order valence-corrected chi connectivity index (χ0v) is 14.4. The molecule has 0 bridgehead atoms. The molecule has 0 aliphatic carbocycles. The lowest BCUT2D eigenvalue weighted by Gasteiger charge is -2.36. The molecule has 1 aliphatic heterocycles. The monoisotopic (exact) mass is 348 g/mol. The second-order valence-corrected chi connectivity index (χ2v) is 6.43. The molecule has 1 atom stereocenters. The van der Waals surface area contributed by atoms with Crippen molar-refractivity contribution in [3.8, 4) is 0 Å². The number of aliphatic hydroxyl groups is 1. The average molecular weight is 348 g/mol. The Hall–Kier alpha value is -2.41. The lowest BCUT2D eigenvalue weighted by atomic mass is 9.93. The van der Waals surface area contributed by atoms with Crippen molar-refractivity contribution in [3.05, 3.63) is 35.9 Å². The van der Waals surface area contributed by atoms with E-state index in [9.17, 15) is 19.5 Å². The molecule has 136 valence electrons. The van der Waals surface area contributed by atoms with Crippen molar-refractivity contribution >= 4 is 17.8 Å². The molecule has 1 heterocycles. The van der Waals surface area contributed by atoms with Gasteiger partial charge in [-0.1, -0.05) is 30.3 Å². The van der Waals surface area contributed by atoms with Gasteiger partial charge in [-0.05, 0) is 18.4 Å². The third kappa shape index (κ3) is 5.03. The Balaban J connectivity index is 1.92. The molecule has 7 heteroatoms. The predicted octanol–water partition coefficient (Wildman–Crippen LogP) is 0.863. The Kier molecular flexibility index (Phi) is 6.14. The van der Waals surface area contributed by atoms with E-state index >= 15 is 0 Å². The van der Waals surface area contributed by atoms with Gasteiger partial charge in [-0.25, -0.2) is 4.79 Å². The van der Waals surface area contributed by atoms with Gasteiger partial charge >= 0.3 is 5.97 Å². The average Bonchev–Trinajstić information content (AvgIpc) is 2.59. The number of likely N-dealkylation sites (tertiary alicyclic amines) is 1. The molecule has 2 N–H and O–H groups in total. The number of nitrogens with zero attached hydrogens (tertiary/aromatic N) is 2. The lowest BCUT2D eigenvalue weighted by molar-refractivity contribution is -0.166. The minimum atomic E-state index is -1.88. The van der Waals surface area contributed by atoms with Crippen molar-refractivity contribution < 1.29 is 24.6 Å². The van der Waals surface area contributed by atoms with E-state index < -0.39 is 11.6 Å². The van der Waals surface area contributed by atoms with Gasteiger partial charge < -0.3 is 20.0 Å². The minimum absolute atomic E-state index is 0.0993. The van der Waals surface area contributed by atoms with Gasteiger partial charge in [0.05, 0.1) is 6.54 Å². The number of β-amino-alcohol motifs (C(OH)–C–C–N with tert-alkyl or cyclic N) is 1. The number of amides is 2. The zero-order valence-electron chi connectivity index (χ0n) is 14.4. The van der Waals surface area contributed by atoms with Gasteiger partial charge in [-0.2, -0.15) is 0 Å². The molecule has 0 radical (unpaired) electrons. The number of hydrogen-bond donors (Lipinski definition) is 2. The van der Waals surface area contributed by atoms with E-state index in [4.69, 9.17) is 5.11 Å². The normalized spacial score (nSPS) is 20.2. The number of aliphatic carboxylic acids is 1. The van der Waals surface area contributed by atoms with E-state index in [-0.39, 0.29) is 37.7 Å². The molecule has 1 saturated heterocycles. The van der Waals surface area contributed by atoms with Crippen LogP contribution in [0.2, 0.25) is 0 Å². The number of rotatable bonds is 6. The molecule has 1 aromatic carbocycles. The molecule has 0 spiro atoms. The number of hydrogen-bond acceptors (Lipinski definition) is 4. The van der Waals surface area contributed by atoms with E-state index in [2.05, 4.69) is 0 Å². The second kappa shape index (κ2) is 8.11.